The fourth-order valence-corrected chi connectivity index (χ4v) is 2.75. The Labute approximate surface area is 120 Å². The predicted molar refractivity (Wildman–Crippen MR) is 79.6 cm³/mol. The van der Waals surface area contributed by atoms with Crippen LogP contribution in [0, 0.1) is 0 Å². The van der Waals surface area contributed by atoms with Crippen LogP contribution in [0.15, 0.2) is 30.6 Å². The first-order chi connectivity index (χ1) is 9.88. The Hall–Kier alpha value is -1.68. The molecule has 1 aliphatic carbocycles. The molecule has 2 aromatic rings. The highest BCUT2D eigenvalue weighted by atomic mass is 15.2. The molecule has 4 nitrogen and oxygen atoms in total. The van der Waals surface area contributed by atoms with E-state index in [1.165, 1.54) is 30.4 Å². The summed E-state index contributed by atoms with van der Waals surface area (Å²) in [5.41, 5.74) is 2.75. The van der Waals surface area contributed by atoms with Gasteiger partial charge < -0.3 is 5.32 Å². The molecule has 1 unspecified atom stereocenters. The summed E-state index contributed by atoms with van der Waals surface area (Å²) in [6, 6.07) is 9.04. The van der Waals surface area contributed by atoms with Crippen LogP contribution in [0.1, 0.15) is 61.5 Å². The Morgan fingerprint density at radius 3 is 2.95 bits per heavy atom. The van der Waals surface area contributed by atoms with Crippen molar-refractivity contribution >= 4 is 0 Å². The first-order valence-corrected chi connectivity index (χ1v) is 7.57. The second kappa shape index (κ2) is 6.18. The normalized spacial score (nSPS) is 16.9. The number of aromatic nitrogens is 3. The molecule has 106 valence electrons. The molecule has 20 heavy (non-hydrogen) atoms. The van der Waals surface area contributed by atoms with Crippen molar-refractivity contribution in [2.24, 2.45) is 0 Å². The van der Waals surface area contributed by atoms with Gasteiger partial charge >= 0.3 is 0 Å². The first kappa shape index (κ1) is 13.3. The van der Waals surface area contributed by atoms with Crippen LogP contribution in [0.3, 0.4) is 0 Å². The van der Waals surface area contributed by atoms with Gasteiger partial charge in [0.25, 0.3) is 0 Å². The number of aromatic amines is 1. The van der Waals surface area contributed by atoms with Gasteiger partial charge in [-0.05, 0) is 42.9 Å². The van der Waals surface area contributed by atoms with Crippen LogP contribution < -0.4 is 5.32 Å². The molecule has 0 radical (unpaired) electrons. The lowest BCUT2D eigenvalue weighted by atomic mass is 9.79. The van der Waals surface area contributed by atoms with Crippen molar-refractivity contribution in [2.45, 2.75) is 44.6 Å². The number of rotatable bonds is 6. The summed E-state index contributed by atoms with van der Waals surface area (Å²) in [4.78, 5) is 4.33. The molecule has 1 heterocycles. The van der Waals surface area contributed by atoms with Crippen molar-refractivity contribution in [3.8, 4) is 0 Å². The summed E-state index contributed by atoms with van der Waals surface area (Å²) >= 11 is 0. The molecule has 1 aromatic carbocycles. The van der Waals surface area contributed by atoms with Crippen molar-refractivity contribution in [3.05, 3.63) is 47.5 Å². The van der Waals surface area contributed by atoms with Crippen molar-refractivity contribution in [3.63, 3.8) is 0 Å². The van der Waals surface area contributed by atoms with Gasteiger partial charge in [0, 0.05) is 0 Å². The zero-order valence-electron chi connectivity index (χ0n) is 12.0. The standard InChI is InChI=1S/C16H22N4/c1-2-9-17-15(16-18-11-19-20-16)14-8-4-7-13(10-14)12-5-3-6-12/h4,7-8,10-12,15,17H,2-3,5-6,9H2,1H3,(H,18,19,20). The topological polar surface area (TPSA) is 53.6 Å². The van der Waals surface area contributed by atoms with Crippen LogP contribution >= 0.6 is 0 Å². The average molecular weight is 270 g/mol. The quantitative estimate of drug-likeness (QED) is 0.847. The van der Waals surface area contributed by atoms with Gasteiger partial charge in [0.05, 0.1) is 6.04 Å². The van der Waals surface area contributed by atoms with Crippen molar-refractivity contribution in [1.82, 2.24) is 20.5 Å². The van der Waals surface area contributed by atoms with Crippen LogP contribution in [-0.4, -0.2) is 21.7 Å². The summed E-state index contributed by atoms with van der Waals surface area (Å²) in [5.74, 6) is 1.65. The molecule has 3 rings (SSSR count). The van der Waals surface area contributed by atoms with Gasteiger partial charge in [-0.1, -0.05) is 37.6 Å². The molecular formula is C16H22N4. The third-order valence-electron chi connectivity index (χ3n) is 4.13. The van der Waals surface area contributed by atoms with E-state index in [0.29, 0.717) is 0 Å². The first-order valence-electron chi connectivity index (χ1n) is 7.57. The maximum Gasteiger partial charge on any atom is 0.145 e. The number of nitrogens with zero attached hydrogens (tertiary/aromatic N) is 2. The molecule has 0 spiro atoms. The minimum absolute atomic E-state index is 0.109. The molecule has 1 saturated carbocycles. The van der Waals surface area contributed by atoms with Crippen LogP contribution in [-0.2, 0) is 0 Å². The van der Waals surface area contributed by atoms with Crippen molar-refractivity contribution < 1.29 is 0 Å². The highest BCUT2D eigenvalue weighted by molar-refractivity contribution is 5.32. The lowest BCUT2D eigenvalue weighted by Crippen LogP contribution is -2.24. The van der Waals surface area contributed by atoms with E-state index in [1.54, 1.807) is 6.33 Å². The van der Waals surface area contributed by atoms with Gasteiger partial charge in [-0.25, -0.2) is 4.98 Å². The Balaban J connectivity index is 1.86. The van der Waals surface area contributed by atoms with Gasteiger partial charge in [-0.2, -0.15) is 5.10 Å². The summed E-state index contributed by atoms with van der Waals surface area (Å²) in [6.07, 6.45) is 6.71. The lowest BCUT2D eigenvalue weighted by Gasteiger charge is -2.27. The van der Waals surface area contributed by atoms with Crippen LogP contribution in [0.25, 0.3) is 0 Å². The molecule has 1 aliphatic rings. The van der Waals surface area contributed by atoms with Gasteiger partial charge in [0.1, 0.15) is 12.2 Å². The number of hydrogen-bond acceptors (Lipinski definition) is 3. The molecule has 2 N–H and O–H groups in total. The minimum Gasteiger partial charge on any atom is -0.304 e. The monoisotopic (exact) mass is 270 g/mol. The summed E-state index contributed by atoms with van der Waals surface area (Å²) in [5, 5.41) is 10.5. The summed E-state index contributed by atoms with van der Waals surface area (Å²) < 4.78 is 0. The van der Waals surface area contributed by atoms with E-state index in [1.807, 2.05) is 0 Å². The maximum atomic E-state index is 4.33. The molecule has 0 amide bonds. The van der Waals surface area contributed by atoms with Gasteiger partial charge in [-0.3, -0.25) is 5.10 Å². The number of nitrogens with one attached hydrogen (secondary N) is 2. The van der Waals surface area contributed by atoms with E-state index in [9.17, 15) is 0 Å². The van der Waals surface area contributed by atoms with Crippen LogP contribution in [0.2, 0.25) is 0 Å². The van der Waals surface area contributed by atoms with E-state index in [-0.39, 0.29) is 6.04 Å². The van der Waals surface area contributed by atoms with Crippen LogP contribution in [0.5, 0.6) is 0 Å². The zero-order valence-corrected chi connectivity index (χ0v) is 12.0. The Morgan fingerprint density at radius 2 is 2.30 bits per heavy atom. The van der Waals surface area contributed by atoms with Crippen LogP contribution in [0.4, 0.5) is 0 Å². The van der Waals surface area contributed by atoms with E-state index in [2.05, 4.69) is 51.7 Å². The van der Waals surface area contributed by atoms with E-state index >= 15 is 0 Å². The molecule has 0 bridgehead atoms. The van der Waals surface area contributed by atoms with Gasteiger partial charge in [0.2, 0.25) is 0 Å². The summed E-state index contributed by atoms with van der Waals surface area (Å²) in [6.45, 7) is 3.15. The molecular weight excluding hydrogens is 248 g/mol. The largest absolute Gasteiger partial charge is 0.304 e. The van der Waals surface area contributed by atoms with Crippen molar-refractivity contribution in [2.75, 3.05) is 6.54 Å². The van der Waals surface area contributed by atoms with E-state index in [0.717, 1.165) is 24.7 Å². The highest BCUT2D eigenvalue weighted by Gasteiger charge is 2.22. The number of H-pyrrole nitrogens is 1. The van der Waals surface area contributed by atoms with Gasteiger partial charge in [0.15, 0.2) is 0 Å². The van der Waals surface area contributed by atoms with E-state index in [4.69, 9.17) is 0 Å². The maximum absolute atomic E-state index is 4.33. The minimum atomic E-state index is 0.109. The molecule has 1 aromatic heterocycles. The van der Waals surface area contributed by atoms with Crippen molar-refractivity contribution in [1.29, 1.82) is 0 Å². The predicted octanol–water partition coefficient (Wildman–Crippen LogP) is 3.16. The molecule has 1 fully saturated rings. The smallest absolute Gasteiger partial charge is 0.145 e. The zero-order chi connectivity index (χ0) is 13.8. The summed E-state index contributed by atoms with van der Waals surface area (Å²) in [7, 11) is 0. The number of hydrogen-bond donors (Lipinski definition) is 2. The van der Waals surface area contributed by atoms with Gasteiger partial charge in [-0.15, -0.1) is 0 Å². The Morgan fingerprint density at radius 1 is 1.40 bits per heavy atom. The molecule has 0 aliphatic heterocycles. The third-order valence-corrected chi connectivity index (χ3v) is 4.13. The Kier molecular flexibility index (Phi) is 4.11. The van der Waals surface area contributed by atoms with E-state index < -0.39 is 0 Å². The highest BCUT2D eigenvalue weighted by Crippen LogP contribution is 2.37. The second-order valence-corrected chi connectivity index (χ2v) is 5.56. The fraction of sp³-hybridized carbons (Fsp3) is 0.500. The lowest BCUT2D eigenvalue weighted by molar-refractivity contribution is 0.419. The Bertz CT molecular complexity index is 531. The molecule has 0 saturated heterocycles. The third kappa shape index (κ3) is 2.75. The molecule has 4 heteroatoms. The average Bonchev–Trinajstić information content (AvgIpc) is 2.92. The second-order valence-electron chi connectivity index (χ2n) is 5.56. The molecule has 1 atom stereocenters. The SMILES string of the molecule is CCCNC(c1cccc(C2CCC2)c1)c1ncn[nH]1. The number of benzene rings is 1. The fourth-order valence-electron chi connectivity index (χ4n) is 2.75.